The molecule has 2 rings (SSSR count). The Bertz CT molecular complexity index is 458. The molecule has 0 aliphatic rings. The molecule has 0 bridgehead atoms. The molecule has 1 aromatic carbocycles. The van der Waals surface area contributed by atoms with E-state index in [2.05, 4.69) is 4.98 Å². The van der Waals surface area contributed by atoms with Crippen LogP contribution >= 0.6 is 22.9 Å². The molecule has 0 aliphatic carbocycles. The van der Waals surface area contributed by atoms with Gasteiger partial charge in [-0.15, -0.1) is 11.3 Å². The summed E-state index contributed by atoms with van der Waals surface area (Å²) < 4.78 is 5.50. The summed E-state index contributed by atoms with van der Waals surface area (Å²) in [6, 6.07) is 7.33. The first kappa shape index (κ1) is 10.3. The number of nitrogen functional groups attached to an aromatic ring is 1. The van der Waals surface area contributed by atoms with Gasteiger partial charge in [0.15, 0.2) is 0 Å². The Labute approximate surface area is 96.5 Å². The fourth-order valence-corrected chi connectivity index (χ4v) is 1.88. The maximum absolute atomic E-state index is 5.93. The van der Waals surface area contributed by atoms with E-state index in [1.165, 1.54) is 11.3 Å². The zero-order chi connectivity index (χ0) is 10.7. The average Bonchev–Trinajstić information content (AvgIpc) is 2.63. The Morgan fingerprint density at radius 1 is 1.40 bits per heavy atom. The fraction of sp³-hybridized carbons (Fsp3) is 0.100. The van der Waals surface area contributed by atoms with Crippen molar-refractivity contribution in [3.8, 4) is 5.75 Å². The van der Waals surface area contributed by atoms with Gasteiger partial charge in [-0.3, -0.25) is 0 Å². The fourth-order valence-electron chi connectivity index (χ4n) is 1.09. The van der Waals surface area contributed by atoms with Crippen molar-refractivity contribution in [1.29, 1.82) is 0 Å². The Morgan fingerprint density at radius 3 is 2.87 bits per heavy atom. The normalized spacial score (nSPS) is 10.2. The van der Waals surface area contributed by atoms with Crippen LogP contribution in [0.3, 0.4) is 0 Å². The molecule has 2 aromatic rings. The molecule has 3 nitrogen and oxygen atoms in total. The van der Waals surface area contributed by atoms with Crippen molar-refractivity contribution in [2.24, 2.45) is 0 Å². The van der Waals surface area contributed by atoms with Crippen molar-refractivity contribution in [3.63, 3.8) is 0 Å². The van der Waals surface area contributed by atoms with Crippen LogP contribution in [-0.4, -0.2) is 4.98 Å². The number of aromatic nitrogens is 1. The predicted octanol–water partition coefficient (Wildman–Crippen LogP) is 2.96. The molecule has 5 heteroatoms. The van der Waals surface area contributed by atoms with Gasteiger partial charge in [0.25, 0.3) is 0 Å². The van der Waals surface area contributed by atoms with E-state index in [1.54, 1.807) is 11.4 Å². The highest BCUT2D eigenvalue weighted by Crippen LogP contribution is 2.24. The van der Waals surface area contributed by atoms with Gasteiger partial charge in [-0.1, -0.05) is 23.7 Å². The topological polar surface area (TPSA) is 48.1 Å². The van der Waals surface area contributed by atoms with E-state index < -0.39 is 0 Å². The molecule has 1 aromatic heterocycles. The van der Waals surface area contributed by atoms with Gasteiger partial charge in [0, 0.05) is 5.38 Å². The lowest BCUT2D eigenvalue weighted by molar-refractivity contribution is 0.306. The van der Waals surface area contributed by atoms with Crippen LogP contribution in [0.2, 0.25) is 5.02 Å². The molecular weight excluding hydrogens is 232 g/mol. The Hall–Kier alpha value is -1.26. The number of thiazole rings is 1. The zero-order valence-electron chi connectivity index (χ0n) is 7.81. The minimum atomic E-state index is 0.394. The summed E-state index contributed by atoms with van der Waals surface area (Å²) in [5.41, 5.74) is 5.50. The molecule has 0 fully saturated rings. The second-order valence-corrected chi connectivity index (χ2v) is 4.24. The van der Waals surface area contributed by atoms with Crippen LogP contribution in [0, 0.1) is 0 Å². The maximum atomic E-state index is 5.93. The van der Waals surface area contributed by atoms with E-state index in [9.17, 15) is 0 Å². The van der Waals surface area contributed by atoms with Gasteiger partial charge in [-0.2, -0.15) is 0 Å². The Morgan fingerprint density at radius 2 is 2.20 bits per heavy atom. The van der Waals surface area contributed by atoms with Crippen molar-refractivity contribution in [3.05, 3.63) is 39.7 Å². The monoisotopic (exact) mass is 240 g/mol. The van der Waals surface area contributed by atoms with E-state index in [1.807, 2.05) is 18.2 Å². The second-order valence-electron chi connectivity index (χ2n) is 2.89. The highest BCUT2D eigenvalue weighted by atomic mass is 35.5. The van der Waals surface area contributed by atoms with Crippen LogP contribution in [0.4, 0.5) is 5.82 Å². The van der Waals surface area contributed by atoms with Crippen LogP contribution in [0.1, 0.15) is 5.01 Å². The number of benzene rings is 1. The minimum Gasteiger partial charge on any atom is -0.485 e. The van der Waals surface area contributed by atoms with Crippen molar-refractivity contribution < 1.29 is 4.74 Å². The maximum Gasteiger partial charge on any atom is 0.140 e. The molecule has 15 heavy (non-hydrogen) atoms. The summed E-state index contributed by atoms with van der Waals surface area (Å²) in [7, 11) is 0. The molecule has 0 radical (unpaired) electrons. The number of nitrogens with zero attached hydrogens (tertiary/aromatic N) is 1. The summed E-state index contributed by atoms with van der Waals surface area (Å²) >= 11 is 7.40. The molecule has 78 valence electrons. The van der Waals surface area contributed by atoms with Gasteiger partial charge < -0.3 is 10.5 Å². The molecule has 0 unspecified atom stereocenters. The summed E-state index contributed by atoms with van der Waals surface area (Å²) in [6.45, 7) is 0.394. The van der Waals surface area contributed by atoms with Crippen molar-refractivity contribution in [2.45, 2.75) is 6.61 Å². The number of halogens is 1. The van der Waals surface area contributed by atoms with Crippen LogP contribution in [-0.2, 0) is 6.61 Å². The van der Waals surface area contributed by atoms with E-state index in [-0.39, 0.29) is 0 Å². The summed E-state index contributed by atoms with van der Waals surface area (Å²) in [5.74, 6) is 1.19. The lowest BCUT2D eigenvalue weighted by Crippen LogP contribution is -1.95. The molecule has 2 N–H and O–H groups in total. The highest BCUT2D eigenvalue weighted by molar-refractivity contribution is 7.09. The van der Waals surface area contributed by atoms with Gasteiger partial charge in [-0.05, 0) is 12.1 Å². The van der Waals surface area contributed by atoms with Crippen LogP contribution in [0.25, 0.3) is 0 Å². The van der Waals surface area contributed by atoms with Crippen molar-refractivity contribution in [2.75, 3.05) is 5.73 Å². The first-order valence-electron chi connectivity index (χ1n) is 4.33. The summed E-state index contributed by atoms with van der Waals surface area (Å²) in [4.78, 5) is 4.08. The van der Waals surface area contributed by atoms with E-state index in [0.717, 1.165) is 5.01 Å². The molecule has 0 spiro atoms. The number of hydrogen-bond donors (Lipinski definition) is 1. The van der Waals surface area contributed by atoms with Crippen molar-refractivity contribution >= 4 is 28.8 Å². The molecule has 0 atom stereocenters. The lowest BCUT2D eigenvalue weighted by Gasteiger charge is -2.04. The van der Waals surface area contributed by atoms with Crippen LogP contribution in [0.15, 0.2) is 29.6 Å². The number of ether oxygens (including phenoxy) is 1. The smallest absolute Gasteiger partial charge is 0.140 e. The molecule has 0 aliphatic heterocycles. The number of para-hydroxylation sites is 1. The number of nitrogens with two attached hydrogens (primary N) is 1. The Balaban J connectivity index is 2.02. The molecule has 1 heterocycles. The Kier molecular flexibility index (Phi) is 3.08. The quantitative estimate of drug-likeness (QED) is 0.897. The van der Waals surface area contributed by atoms with Crippen LogP contribution in [0.5, 0.6) is 5.75 Å². The minimum absolute atomic E-state index is 0.394. The number of anilines is 1. The van der Waals surface area contributed by atoms with Gasteiger partial charge >= 0.3 is 0 Å². The largest absolute Gasteiger partial charge is 0.485 e. The number of rotatable bonds is 3. The average molecular weight is 241 g/mol. The summed E-state index contributed by atoms with van der Waals surface area (Å²) in [6.07, 6.45) is 0. The van der Waals surface area contributed by atoms with Gasteiger partial charge in [-0.25, -0.2) is 4.98 Å². The van der Waals surface area contributed by atoms with Gasteiger partial charge in [0.2, 0.25) is 0 Å². The summed E-state index contributed by atoms with van der Waals surface area (Å²) in [5, 5.41) is 3.22. The number of hydrogen-bond acceptors (Lipinski definition) is 4. The molecule has 0 saturated carbocycles. The third kappa shape index (κ3) is 2.61. The SMILES string of the molecule is Nc1csc(COc2ccccc2Cl)n1. The molecule has 0 saturated heterocycles. The van der Waals surface area contributed by atoms with Gasteiger partial charge in [0.05, 0.1) is 5.02 Å². The molecule has 0 amide bonds. The third-order valence-electron chi connectivity index (χ3n) is 1.76. The first-order chi connectivity index (χ1) is 7.25. The highest BCUT2D eigenvalue weighted by Gasteiger charge is 2.02. The van der Waals surface area contributed by atoms with E-state index in [0.29, 0.717) is 23.2 Å². The molecular formula is C10H9ClN2OS. The van der Waals surface area contributed by atoms with Crippen molar-refractivity contribution in [1.82, 2.24) is 4.98 Å². The lowest BCUT2D eigenvalue weighted by atomic mass is 10.3. The zero-order valence-corrected chi connectivity index (χ0v) is 9.39. The van der Waals surface area contributed by atoms with E-state index >= 15 is 0 Å². The first-order valence-corrected chi connectivity index (χ1v) is 5.58. The standard InChI is InChI=1S/C10H9ClN2OS/c11-7-3-1-2-4-8(7)14-5-10-13-9(12)6-15-10/h1-4,6H,5,12H2. The van der Waals surface area contributed by atoms with Gasteiger partial charge in [0.1, 0.15) is 23.2 Å². The predicted molar refractivity (Wildman–Crippen MR) is 62.3 cm³/mol. The third-order valence-corrected chi connectivity index (χ3v) is 2.91. The van der Waals surface area contributed by atoms with E-state index in [4.69, 9.17) is 22.1 Å². The van der Waals surface area contributed by atoms with Crippen LogP contribution < -0.4 is 10.5 Å². The second kappa shape index (κ2) is 4.51.